The Morgan fingerprint density at radius 2 is 2.18 bits per heavy atom. The Hall–Kier alpha value is -1.10. The summed E-state index contributed by atoms with van der Waals surface area (Å²) in [5.74, 6) is -0.148. The van der Waals surface area contributed by atoms with Gasteiger partial charge in [0.2, 0.25) is 11.8 Å². The van der Waals surface area contributed by atoms with Crippen molar-refractivity contribution in [3.05, 3.63) is 0 Å². The Bertz CT molecular complexity index is 313. The molecule has 2 aliphatic rings. The van der Waals surface area contributed by atoms with Gasteiger partial charge in [0.15, 0.2) is 0 Å². The molecule has 4 N–H and O–H groups in total. The summed E-state index contributed by atoms with van der Waals surface area (Å²) < 4.78 is 0. The van der Waals surface area contributed by atoms with E-state index in [2.05, 4.69) is 10.6 Å². The summed E-state index contributed by atoms with van der Waals surface area (Å²) >= 11 is 0. The molecule has 1 aliphatic carbocycles. The maximum Gasteiger partial charge on any atom is 0.242 e. The fourth-order valence-corrected chi connectivity index (χ4v) is 2.45. The van der Waals surface area contributed by atoms with Crippen LogP contribution in [-0.2, 0) is 9.59 Å². The summed E-state index contributed by atoms with van der Waals surface area (Å²) in [6.45, 7) is 0.714. The van der Waals surface area contributed by atoms with Crippen molar-refractivity contribution in [3.63, 3.8) is 0 Å². The minimum Gasteiger partial charge on any atom is -0.354 e. The van der Waals surface area contributed by atoms with Crippen LogP contribution < -0.4 is 16.4 Å². The van der Waals surface area contributed by atoms with Gasteiger partial charge in [-0.3, -0.25) is 9.59 Å². The van der Waals surface area contributed by atoms with Gasteiger partial charge in [0.25, 0.3) is 0 Å². The first-order chi connectivity index (χ1) is 8.09. The van der Waals surface area contributed by atoms with Gasteiger partial charge in [-0.25, -0.2) is 0 Å². The molecule has 0 aromatic carbocycles. The number of amides is 2. The first-order valence-electron chi connectivity index (χ1n) is 6.45. The lowest BCUT2D eigenvalue weighted by Crippen LogP contribution is -2.52. The van der Waals surface area contributed by atoms with Crippen molar-refractivity contribution in [2.45, 2.75) is 56.5 Å². The van der Waals surface area contributed by atoms with Crippen LogP contribution in [0.2, 0.25) is 0 Å². The zero-order valence-corrected chi connectivity index (χ0v) is 10.1. The molecule has 0 bridgehead atoms. The van der Waals surface area contributed by atoms with Gasteiger partial charge in [-0.2, -0.15) is 0 Å². The fourth-order valence-electron chi connectivity index (χ4n) is 2.45. The number of nitrogens with one attached hydrogen (secondary N) is 2. The van der Waals surface area contributed by atoms with Crippen LogP contribution in [0.1, 0.15) is 44.9 Å². The monoisotopic (exact) mass is 239 g/mol. The molecule has 0 spiro atoms. The summed E-state index contributed by atoms with van der Waals surface area (Å²) in [7, 11) is 0. The molecular weight excluding hydrogens is 218 g/mol. The predicted octanol–water partition coefficient (Wildman–Crippen LogP) is 0.0428. The highest BCUT2D eigenvalue weighted by Crippen LogP contribution is 2.31. The topological polar surface area (TPSA) is 84.2 Å². The van der Waals surface area contributed by atoms with Crippen molar-refractivity contribution < 1.29 is 9.59 Å². The molecule has 1 heterocycles. The van der Waals surface area contributed by atoms with Crippen molar-refractivity contribution in [2.24, 2.45) is 5.73 Å². The molecule has 96 valence electrons. The molecule has 1 unspecified atom stereocenters. The number of hydrogen-bond acceptors (Lipinski definition) is 3. The number of carbonyl (C=O) groups is 2. The number of hydrogen-bond donors (Lipinski definition) is 3. The van der Waals surface area contributed by atoms with Gasteiger partial charge in [0.1, 0.15) is 6.04 Å². The summed E-state index contributed by atoms with van der Waals surface area (Å²) in [4.78, 5) is 23.4. The second-order valence-corrected chi connectivity index (χ2v) is 5.30. The van der Waals surface area contributed by atoms with Crippen LogP contribution in [0, 0.1) is 0 Å². The van der Waals surface area contributed by atoms with E-state index in [4.69, 9.17) is 5.73 Å². The molecule has 2 amide bonds. The highest BCUT2D eigenvalue weighted by molar-refractivity contribution is 5.88. The van der Waals surface area contributed by atoms with Gasteiger partial charge in [-0.15, -0.1) is 0 Å². The molecule has 17 heavy (non-hydrogen) atoms. The van der Waals surface area contributed by atoms with Crippen LogP contribution in [0.5, 0.6) is 0 Å². The van der Waals surface area contributed by atoms with Crippen molar-refractivity contribution in [3.8, 4) is 0 Å². The minimum absolute atomic E-state index is 0.0597. The Labute approximate surface area is 102 Å². The molecule has 0 aromatic heterocycles. The maximum absolute atomic E-state index is 11.8. The number of nitrogens with two attached hydrogens (primary N) is 1. The molecule has 1 atom stereocenters. The Morgan fingerprint density at radius 3 is 2.82 bits per heavy atom. The van der Waals surface area contributed by atoms with Crippen LogP contribution in [0.4, 0.5) is 0 Å². The van der Waals surface area contributed by atoms with E-state index in [9.17, 15) is 9.59 Å². The summed E-state index contributed by atoms with van der Waals surface area (Å²) in [5, 5.41) is 5.61. The van der Waals surface area contributed by atoms with Gasteiger partial charge in [0, 0.05) is 18.5 Å². The summed E-state index contributed by atoms with van der Waals surface area (Å²) in [6, 6.07) is -0.367. The van der Waals surface area contributed by atoms with Gasteiger partial charge in [0.05, 0.1) is 0 Å². The van der Waals surface area contributed by atoms with Crippen molar-refractivity contribution >= 4 is 11.8 Å². The van der Waals surface area contributed by atoms with Gasteiger partial charge >= 0.3 is 0 Å². The van der Waals surface area contributed by atoms with Gasteiger partial charge in [-0.05, 0) is 38.5 Å². The van der Waals surface area contributed by atoms with E-state index in [1.54, 1.807) is 0 Å². The predicted molar refractivity (Wildman–Crippen MR) is 64.2 cm³/mol. The molecule has 2 fully saturated rings. The van der Waals surface area contributed by atoms with Crippen LogP contribution in [0.3, 0.4) is 0 Å². The molecule has 1 aliphatic heterocycles. The number of rotatable bonds is 3. The lowest BCUT2D eigenvalue weighted by molar-refractivity contribution is -0.129. The zero-order chi connectivity index (χ0) is 12.3. The molecule has 2 rings (SSSR count). The fraction of sp³-hybridized carbons (Fsp3) is 0.833. The van der Waals surface area contributed by atoms with Crippen molar-refractivity contribution in [1.29, 1.82) is 0 Å². The maximum atomic E-state index is 11.8. The first kappa shape index (κ1) is 12.4. The van der Waals surface area contributed by atoms with Crippen molar-refractivity contribution in [1.82, 2.24) is 10.6 Å². The van der Waals surface area contributed by atoms with E-state index in [1.165, 1.54) is 0 Å². The summed E-state index contributed by atoms with van der Waals surface area (Å²) in [5.41, 5.74) is 5.70. The lowest BCUT2D eigenvalue weighted by Gasteiger charge is -2.37. The second kappa shape index (κ2) is 5.04. The molecule has 1 saturated carbocycles. The quantitative estimate of drug-likeness (QED) is 0.650. The molecular formula is C12H21N3O2. The average Bonchev–Trinajstić information content (AvgIpc) is 2.42. The first-order valence-corrected chi connectivity index (χ1v) is 6.45. The van der Waals surface area contributed by atoms with E-state index in [1.807, 2.05) is 0 Å². The average molecular weight is 239 g/mol. The van der Waals surface area contributed by atoms with E-state index in [-0.39, 0.29) is 23.4 Å². The number of carbonyl (C=O) groups excluding carboxylic acids is 2. The zero-order valence-electron chi connectivity index (χ0n) is 10.1. The normalized spacial score (nSPS) is 27.6. The van der Waals surface area contributed by atoms with Gasteiger partial charge < -0.3 is 16.4 Å². The van der Waals surface area contributed by atoms with Crippen LogP contribution in [0.15, 0.2) is 0 Å². The van der Waals surface area contributed by atoms with E-state index in [0.29, 0.717) is 13.0 Å². The van der Waals surface area contributed by atoms with Crippen LogP contribution >= 0.6 is 0 Å². The third-order valence-corrected chi connectivity index (χ3v) is 3.73. The van der Waals surface area contributed by atoms with Crippen LogP contribution in [-0.4, -0.2) is 29.9 Å². The molecule has 0 aromatic rings. The third kappa shape index (κ3) is 3.19. The van der Waals surface area contributed by atoms with Gasteiger partial charge in [-0.1, -0.05) is 0 Å². The molecule has 5 nitrogen and oxygen atoms in total. The van der Waals surface area contributed by atoms with E-state index >= 15 is 0 Å². The molecule has 5 heteroatoms. The second-order valence-electron chi connectivity index (χ2n) is 5.30. The minimum atomic E-state index is -0.367. The Balaban J connectivity index is 1.82. The van der Waals surface area contributed by atoms with Crippen molar-refractivity contribution in [2.75, 3.05) is 6.54 Å². The Kier molecular flexibility index (Phi) is 3.66. The SMILES string of the molecule is NC1(CC(=O)NC2CCCCNC2=O)CCC1. The van der Waals surface area contributed by atoms with Crippen LogP contribution in [0.25, 0.3) is 0 Å². The largest absolute Gasteiger partial charge is 0.354 e. The Morgan fingerprint density at radius 1 is 1.41 bits per heavy atom. The standard InChI is InChI=1S/C12H21N3O2/c13-12(5-3-6-12)8-10(16)15-9-4-1-2-7-14-11(9)17/h9H,1-8,13H2,(H,14,17)(H,15,16). The lowest BCUT2D eigenvalue weighted by atomic mass is 9.75. The smallest absolute Gasteiger partial charge is 0.242 e. The highest BCUT2D eigenvalue weighted by atomic mass is 16.2. The summed E-state index contributed by atoms with van der Waals surface area (Å²) in [6.07, 6.45) is 5.96. The molecule has 0 radical (unpaired) electrons. The molecule has 1 saturated heterocycles. The highest BCUT2D eigenvalue weighted by Gasteiger charge is 2.35. The third-order valence-electron chi connectivity index (χ3n) is 3.73. The van der Waals surface area contributed by atoms with E-state index in [0.717, 1.165) is 38.5 Å². The van der Waals surface area contributed by atoms with E-state index < -0.39 is 0 Å².